The van der Waals surface area contributed by atoms with E-state index >= 15 is 0 Å². The van der Waals surface area contributed by atoms with E-state index in [1.807, 2.05) is 18.2 Å². The molecule has 0 fully saturated rings. The van der Waals surface area contributed by atoms with Gasteiger partial charge in [-0.05, 0) is 138 Å². The molecule has 6 aromatic carbocycles. The predicted molar refractivity (Wildman–Crippen MR) is 239 cm³/mol. The third-order valence-corrected chi connectivity index (χ3v) is 10.4. The molecule has 8 heteroatoms. The Morgan fingerprint density at radius 1 is 0.500 bits per heavy atom. The van der Waals surface area contributed by atoms with Crippen LogP contribution >= 0.6 is 0 Å². The molecule has 306 valence electrons. The molecule has 0 bridgehead atoms. The van der Waals surface area contributed by atoms with E-state index in [1.54, 1.807) is 0 Å². The van der Waals surface area contributed by atoms with E-state index in [1.165, 1.54) is 5.56 Å². The summed E-state index contributed by atoms with van der Waals surface area (Å²) >= 11 is 0. The smallest absolute Gasteiger partial charge is 0.330 e. The van der Waals surface area contributed by atoms with Crippen molar-refractivity contribution < 1.29 is 38.1 Å². The molecule has 6 aromatic rings. The fraction of sp³-hybridized carbons (Fsp3) is 0.231. The largest absolute Gasteiger partial charge is 0.463 e. The van der Waals surface area contributed by atoms with Crippen LogP contribution in [-0.2, 0) is 69.6 Å². The Morgan fingerprint density at radius 3 is 1.32 bits per heavy atom. The van der Waals surface area contributed by atoms with Gasteiger partial charge in [-0.25, -0.2) is 19.2 Å². The molecule has 0 N–H and O–H groups in total. The zero-order chi connectivity index (χ0) is 43.0. The third-order valence-electron chi connectivity index (χ3n) is 10.4. The number of hydrogen-bond donors (Lipinski definition) is 0. The average Bonchev–Trinajstić information content (AvgIpc) is 3.25. The van der Waals surface area contributed by atoms with Gasteiger partial charge in [-0.3, -0.25) is 0 Å². The summed E-state index contributed by atoms with van der Waals surface area (Å²) < 4.78 is 21.6. The minimum Gasteiger partial charge on any atom is -0.463 e. The van der Waals surface area contributed by atoms with E-state index in [0.29, 0.717) is 36.8 Å². The molecule has 0 spiro atoms. The van der Waals surface area contributed by atoms with Crippen LogP contribution in [0.3, 0.4) is 0 Å². The molecule has 0 radical (unpaired) electrons. The molecule has 0 aromatic heterocycles. The SMILES string of the molecule is C=CC(=O)OCCCc1cc(CCCOC(=O)C=C)cc(-c2cc(-c3cc(COC(=O)C=C)cc(COC(=O)C=C)c3)c3ccc4cc(C(C)(C)C)cc5ccc2c3c54)c1. The number of aryl methyl sites for hydroxylation is 2. The second kappa shape index (κ2) is 18.9. The zero-order valence-electron chi connectivity index (χ0n) is 34.6. The molecule has 0 aliphatic heterocycles. The van der Waals surface area contributed by atoms with Gasteiger partial charge in [0.15, 0.2) is 0 Å². The molecule has 0 saturated carbocycles. The fourth-order valence-electron chi connectivity index (χ4n) is 7.56. The first kappa shape index (κ1) is 42.8. The number of benzene rings is 6. The first-order valence-electron chi connectivity index (χ1n) is 20.0. The Labute approximate surface area is 351 Å². The quantitative estimate of drug-likeness (QED) is 0.0278. The lowest BCUT2D eigenvalue weighted by molar-refractivity contribution is -0.139. The highest BCUT2D eigenvalue weighted by molar-refractivity contribution is 6.28. The maximum absolute atomic E-state index is 12.2. The number of hydrogen-bond acceptors (Lipinski definition) is 8. The summed E-state index contributed by atoms with van der Waals surface area (Å²) in [7, 11) is 0. The highest BCUT2D eigenvalue weighted by atomic mass is 16.5. The first-order valence-corrected chi connectivity index (χ1v) is 20.0. The normalized spacial score (nSPS) is 11.3. The van der Waals surface area contributed by atoms with Crippen molar-refractivity contribution in [1.29, 1.82) is 0 Å². The zero-order valence-corrected chi connectivity index (χ0v) is 34.6. The number of ether oxygens (including phenoxy) is 4. The standard InChI is InChI=1S/C52H50O8/c1-8-46(53)57-20-12-14-33-22-34(15-13-21-58-47(54)9-2)25-39(24-33)44-30-45(40-26-35(31-59-48(55)10-3)23-36(27-40)32-60-49(56)11-4)43-19-17-38-29-41(52(5,6)7)28-37-16-18-42(44)51(43)50(37)38/h8-11,16-19,22-30H,1-4,12-15,20-21,31-32H2,5-7H3. The van der Waals surface area contributed by atoms with Gasteiger partial charge in [0.05, 0.1) is 13.2 Å². The summed E-state index contributed by atoms with van der Waals surface area (Å²) in [6, 6.07) is 27.9. The topological polar surface area (TPSA) is 105 Å². The summed E-state index contributed by atoms with van der Waals surface area (Å²) in [5.41, 5.74) is 8.55. The highest BCUT2D eigenvalue weighted by Crippen LogP contribution is 2.45. The Balaban J connectivity index is 1.59. The maximum Gasteiger partial charge on any atom is 0.330 e. The van der Waals surface area contributed by atoms with Crippen LogP contribution in [0.25, 0.3) is 54.6 Å². The Hall–Kier alpha value is -6.80. The van der Waals surface area contributed by atoms with Crippen molar-refractivity contribution in [3.05, 3.63) is 157 Å². The molecule has 0 amide bonds. The van der Waals surface area contributed by atoms with E-state index in [9.17, 15) is 19.2 Å². The van der Waals surface area contributed by atoms with Crippen LogP contribution in [0, 0.1) is 0 Å². The van der Waals surface area contributed by atoms with Gasteiger partial charge in [0.25, 0.3) is 0 Å². The molecule has 0 saturated heterocycles. The van der Waals surface area contributed by atoms with Gasteiger partial charge in [0.2, 0.25) is 0 Å². The van der Waals surface area contributed by atoms with E-state index in [2.05, 4.69) is 108 Å². The molecule has 6 rings (SSSR count). The van der Waals surface area contributed by atoms with Crippen LogP contribution in [0.4, 0.5) is 0 Å². The van der Waals surface area contributed by atoms with Gasteiger partial charge in [0, 0.05) is 24.3 Å². The Bertz CT molecular complexity index is 2530. The second-order valence-electron chi connectivity index (χ2n) is 15.8. The van der Waals surface area contributed by atoms with E-state index < -0.39 is 23.9 Å². The maximum atomic E-state index is 12.2. The van der Waals surface area contributed by atoms with Gasteiger partial charge in [-0.1, -0.05) is 102 Å². The molecule has 0 atom stereocenters. The number of rotatable bonds is 18. The molecule has 0 heterocycles. The molecule has 60 heavy (non-hydrogen) atoms. The number of esters is 4. The van der Waals surface area contributed by atoms with Crippen LogP contribution in [0.15, 0.2) is 129 Å². The summed E-state index contributed by atoms with van der Waals surface area (Å²) in [5.74, 6) is -2.01. The van der Waals surface area contributed by atoms with Crippen LogP contribution in [0.1, 0.15) is 61.4 Å². The molecular formula is C52H50O8. The van der Waals surface area contributed by atoms with Crippen molar-refractivity contribution in [2.45, 2.75) is 65.1 Å². The summed E-state index contributed by atoms with van der Waals surface area (Å²) in [5, 5.41) is 6.66. The molecule has 0 unspecified atom stereocenters. The fourth-order valence-corrected chi connectivity index (χ4v) is 7.56. The van der Waals surface area contributed by atoms with Crippen molar-refractivity contribution in [1.82, 2.24) is 0 Å². The van der Waals surface area contributed by atoms with Crippen LogP contribution in [0.5, 0.6) is 0 Å². The predicted octanol–water partition coefficient (Wildman–Crippen LogP) is 11.0. The third kappa shape index (κ3) is 10.1. The van der Waals surface area contributed by atoms with Gasteiger partial charge in [-0.2, -0.15) is 0 Å². The Kier molecular flexibility index (Phi) is 13.4. The number of carbonyl (C=O) groups is 4. The van der Waals surface area contributed by atoms with E-state index in [-0.39, 0.29) is 31.8 Å². The van der Waals surface area contributed by atoms with E-state index in [0.717, 1.165) is 90.0 Å². The van der Waals surface area contributed by atoms with Crippen LogP contribution < -0.4 is 0 Å². The summed E-state index contributed by atoms with van der Waals surface area (Å²) in [6.45, 7) is 21.2. The van der Waals surface area contributed by atoms with Crippen LogP contribution in [-0.4, -0.2) is 37.1 Å². The average molecular weight is 803 g/mol. The van der Waals surface area contributed by atoms with E-state index in [4.69, 9.17) is 18.9 Å². The van der Waals surface area contributed by atoms with Gasteiger partial charge >= 0.3 is 23.9 Å². The van der Waals surface area contributed by atoms with Crippen LogP contribution in [0.2, 0.25) is 0 Å². The molecule has 0 aliphatic carbocycles. The van der Waals surface area contributed by atoms with Crippen molar-refractivity contribution in [3.63, 3.8) is 0 Å². The summed E-state index contributed by atoms with van der Waals surface area (Å²) in [6.07, 6.45) is 7.11. The lowest BCUT2D eigenvalue weighted by atomic mass is 9.81. The lowest BCUT2D eigenvalue weighted by Gasteiger charge is -2.23. The van der Waals surface area contributed by atoms with Gasteiger partial charge < -0.3 is 18.9 Å². The summed E-state index contributed by atoms with van der Waals surface area (Å²) in [4.78, 5) is 47.9. The molecule has 8 nitrogen and oxygen atoms in total. The minimum atomic E-state index is -0.548. The van der Waals surface area contributed by atoms with Crippen molar-refractivity contribution in [3.8, 4) is 22.3 Å². The van der Waals surface area contributed by atoms with Gasteiger partial charge in [-0.15, -0.1) is 0 Å². The first-order chi connectivity index (χ1) is 28.8. The molecular weight excluding hydrogens is 753 g/mol. The lowest BCUT2D eigenvalue weighted by Crippen LogP contribution is -2.10. The molecule has 0 aliphatic rings. The number of carbonyl (C=O) groups excluding carboxylic acids is 4. The highest BCUT2D eigenvalue weighted by Gasteiger charge is 2.21. The van der Waals surface area contributed by atoms with Crippen molar-refractivity contribution in [2.24, 2.45) is 0 Å². The monoisotopic (exact) mass is 802 g/mol. The minimum absolute atomic E-state index is 0.00893. The van der Waals surface area contributed by atoms with Gasteiger partial charge in [0.1, 0.15) is 13.2 Å². The van der Waals surface area contributed by atoms with Crippen molar-refractivity contribution >= 4 is 56.2 Å². The Morgan fingerprint density at radius 2 is 0.900 bits per heavy atom. The van der Waals surface area contributed by atoms with Crippen molar-refractivity contribution in [2.75, 3.05) is 13.2 Å². The second-order valence-corrected chi connectivity index (χ2v) is 15.8.